The molecule has 132 valence electrons. The minimum absolute atomic E-state index is 0.0699. The van der Waals surface area contributed by atoms with Crippen molar-refractivity contribution in [2.45, 2.75) is 25.4 Å². The van der Waals surface area contributed by atoms with Crippen LogP contribution in [0.5, 0.6) is 0 Å². The number of hydrogen-bond donors (Lipinski definition) is 1. The molecule has 0 saturated carbocycles. The van der Waals surface area contributed by atoms with Crippen molar-refractivity contribution in [1.82, 2.24) is 9.88 Å². The highest BCUT2D eigenvalue weighted by molar-refractivity contribution is 5.98. The van der Waals surface area contributed by atoms with Gasteiger partial charge in [-0.25, -0.2) is 0 Å². The minimum Gasteiger partial charge on any atom is -0.392 e. The molecule has 0 bridgehead atoms. The number of benzene rings is 2. The zero-order chi connectivity index (χ0) is 17.9. The summed E-state index contributed by atoms with van der Waals surface area (Å²) >= 11 is 0. The lowest BCUT2D eigenvalue weighted by Gasteiger charge is -2.33. The first-order valence-corrected chi connectivity index (χ1v) is 9.09. The second-order valence-electron chi connectivity index (χ2n) is 6.83. The molecule has 1 aliphatic heterocycles. The van der Waals surface area contributed by atoms with Crippen molar-refractivity contribution in [2.24, 2.45) is 0 Å². The van der Waals surface area contributed by atoms with E-state index in [2.05, 4.69) is 11.1 Å². The zero-order valence-corrected chi connectivity index (χ0v) is 14.6. The molecule has 4 nitrogen and oxygen atoms in total. The molecule has 1 amide bonds. The number of hydrogen-bond acceptors (Lipinski definition) is 3. The number of nitrogens with zero attached hydrogens (tertiary/aromatic N) is 2. The summed E-state index contributed by atoms with van der Waals surface area (Å²) in [6, 6.07) is 17.6. The highest BCUT2D eigenvalue weighted by Gasteiger charge is 2.25. The van der Waals surface area contributed by atoms with Crippen molar-refractivity contribution in [3.63, 3.8) is 0 Å². The monoisotopic (exact) mass is 346 g/mol. The van der Waals surface area contributed by atoms with E-state index in [1.54, 1.807) is 6.20 Å². The molecule has 1 N–H and O–H groups in total. The van der Waals surface area contributed by atoms with Gasteiger partial charge in [-0.1, -0.05) is 30.3 Å². The molecule has 3 aromatic rings. The lowest BCUT2D eigenvalue weighted by Crippen LogP contribution is -2.38. The smallest absolute Gasteiger partial charge is 0.253 e. The van der Waals surface area contributed by atoms with Crippen LogP contribution < -0.4 is 0 Å². The van der Waals surface area contributed by atoms with Crippen LogP contribution in [0.15, 0.2) is 60.8 Å². The molecule has 1 aliphatic rings. The van der Waals surface area contributed by atoms with E-state index in [1.165, 1.54) is 5.56 Å². The minimum atomic E-state index is 0.0699. The van der Waals surface area contributed by atoms with Crippen LogP contribution in [-0.2, 0) is 6.61 Å². The van der Waals surface area contributed by atoms with Gasteiger partial charge in [0.15, 0.2) is 0 Å². The van der Waals surface area contributed by atoms with Gasteiger partial charge >= 0.3 is 0 Å². The van der Waals surface area contributed by atoms with Gasteiger partial charge in [-0.15, -0.1) is 0 Å². The maximum Gasteiger partial charge on any atom is 0.253 e. The Morgan fingerprint density at radius 3 is 2.69 bits per heavy atom. The third-order valence-corrected chi connectivity index (χ3v) is 5.30. The molecule has 1 fully saturated rings. The Hall–Kier alpha value is -2.72. The SMILES string of the molecule is O=C(c1ccc2ncccc2c1)N1CCC(c2ccccc2CO)CC1. The number of carbonyl (C=O) groups is 1. The Kier molecular flexibility index (Phi) is 4.67. The first-order valence-electron chi connectivity index (χ1n) is 9.09. The fraction of sp³-hybridized carbons (Fsp3) is 0.273. The molecule has 2 aromatic carbocycles. The maximum absolute atomic E-state index is 12.9. The van der Waals surface area contributed by atoms with Crippen LogP contribution >= 0.6 is 0 Å². The second kappa shape index (κ2) is 7.26. The molecule has 26 heavy (non-hydrogen) atoms. The fourth-order valence-electron chi connectivity index (χ4n) is 3.86. The van der Waals surface area contributed by atoms with Gasteiger partial charge in [0, 0.05) is 30.2 Å². The van der Waals surface area contributed by atoms with Crippen molar-refractivity contribution < 1.29 is 9.90 Å². The molecule has 4 rings (SSSR count). The summed E-state index contributed by atoms with van der Waals surface area (Å²) < 4.78 is 0. The number of aliphatic hydroxyl groups is 1. The molecule has 1 saturated heterocycles. The number of carbonyl (C=O) groups excluding carboxylic acids is 1. The fourth-order valence-corrected chi connectivity index (χ4v) is 3.86. The van der Waals surface area contributed by atoms with Gasteiger partial charge in [-0.3, -0.25) is 9.78 Å². The largest absolute Gasteiger partial charge is 0.392 e. The Balaban J connectivity index is 1.47. The molecule has 0 unspecified atom stereocenters. The molecular formula is C22H22N2O2. The van der Waals surface area contributed by atoms with E-state index in [1.807, 2.05) is 53.4 Å². The van der Waals surface area contributed by atoms with Crippen molar-refractivity contribution in [3.8, 4) is 0 Å². The average Bonchev–Trinajstić information content (AvgIpc) is 2.73. The van der Waals surface area contributed by atoms with E-state index in [-0.39, 0.29) is 12.5 Å². The molecule has 1 aromatic heterocycles. The van der Waals surface area contributed by atoms with E-state index in [0.29, 0.717) is 5.92 Å². The van der Waals surface area contributed by atoms with Gasteiger partial charge in [0.05, 0.1) is 12.1 Å². The predicted octanol–water partition coefficient (Wildman–Crippen LogP) is 3.75. The molecular weight excluding hydrogens is 324 g/mol. The first-order chi connectivity index (χ1) is 12.8. The summed E-state index contributed by atoms with van der Waals surface area (Å²) in [6.07, 6.45) is 3.62. The molecule has 0 aliphatic carbocycles. The van der Waals surface area contributed by atoms with E-state index >= 15 is 0 Å². The number of rotatable bonds is 3. The average molecular weight is 346 g/mol. The number of aliphatic hydroxyl groups excluding tert-OH is 1. The summed E-state index contributed by atoms with van der Waals surface area (Å²) in [5, 5.41) is 10.5. The maximum atomic E-state index is 12.9. The Labute approximate surface area is 153 Å². The summed E-state index contributed by atoms with van der Waals surface area (Å²) in [6.45, 7) is 1.56. The van der Waals surface area contributed by atoms with Crippen molar-refractivity contribution in [2.75, 3.05) is 13.1 Å². The number of piperidine rings is 1. The van der Waals surface area contributed by atoms with Gasteiger partial charge < -0.3 is 10.0 Å². The first kappa shape index (κ1) is 16.7. The van der Waals surface area contributed by atoms with Crippen LogP contribution in [-0.4, -0.2) is 34.0 Å². The van der Waals surface area contributed by atoms with Gasteiger partial charge in [0.1, 0.15) is 0 Å². The number of pyridine rings is 1. The van der Waals surface area contributed by atoms with Gasteiger partial charge in [0.25, 0.3) is 5.91 Å². The summed E-state index contributed by atoms with van der Waals surface area (Å²) in [5.41, 5.74) is 3.85. The normalized spacial score (nSPS) is 15.3. The molecule has 2 heterocycles. The summed E-state index contributed by atoms with van der Waals surface area (Å²) in [4.78, 5) is 19.1. The van der Waals surface area contributed by atoms with Crippen LogP contribution in [0, 0.1) is 0 Å². The second-order valence-corrected chi connectivity index (χ2v) is 6.83. The third kappa shape index (κ3) is 3.20. The lowest BCUT2D eigenvalue weighted by atomic mass is 9.86. The Morgan fingerprint density at radius 2 is 1.88 bits per heavy atom. The van der Waals surface area contributed by atoms with Crippen molar-refractivity contribution in [3.05, 3.63) is 77.5 Å². The van der Waals surface area contributed by atoms with Crippen LogP contribution in [0.2, 0.25) is 0 Å². The van der Waals surface area contributed by atoms with Crippen LogP contribution in [0.4, 0.5) is 0 Å². The molecule has 0 atom stereocenters. The number of aromatic nitrogens is 1. The van der Waals surface area contributed by atoms with Gasteiger partial charge in [-0.2, -0.15) is 0 Å². The Bertz CT molecular complexity index is 930. The lowest BCUT2D eigenvalue weighted by molar-refractivity contribution is 0.0712. The van der Waals surface area contributed by atoms with Gasteiger partial charge in [-0.05, 0) is 54.2 Å². The number of fused-ring (bicyclic) bond motifs is 1. The number of amides is 1. The van der Waals surface area contributed by atoms with E-state index in [9.17, 15) is 9.90 Å². The molecule has 4 heteroatoms. The molecule has 0 spiro atoms. The summed E-state index contributed by atoms with van der Waals surface area (Å²) in [5.74, 6) is 0.493. The summed E-state index contributed by atoms with van der Waals surface area (Å²) in [7, 11) is 0. The standard InChI is InChI=1S/C22H22N2O2/c25-15-19-4-1-2-6-20(19)16-9-12-24(13-10-16)22(26)18-7-8-21-17(14-18)5-3-11-23-21/h1-8,11,14,16,25H,9-10,12-13,15H2. The molecule has 0 radical (unpaired) electrons. The highest BCUT2D eigenvalue weighted by atomic mass is 16.3. The van der Waals surface area contributed by atoms with Crippen LogP contribution in [0.3, 0.4) is 0 Å². The predicted molar refractivity (Wildman–Crippen MR) is 102 cm³/mol. The highest BCUT2D eigenvalue weighted by Crippen LogP contribution is 2.31. The van der Waals surface area contributed by atoms with E-state index in [4.69, 9.17) is 0 Å². The Morgan fingerprint density at radius 1 is 1.08 bits per heavy atom. The zero-order valence-electron chi connectivity index (χ0n) is 14.6. The number of likely N-dealkylation sites (tertiary alicyclic amines) is 1. The third-order valence-electron chi connectivity index (χ3n) is 5.30. The topological polar surface area (TPSA) is 53.4 Å². The van der Waals surface area contributed by atoms with Crippen LogP contribution in [0.25, 0.3) is 10.9 Å². The van der Waals surface area contributed by atoms with Crippen molar-refractivity contribution >= 4 is 16.8 Å². The van der Waals surface area contributed by atoms with E-state index in [0.717, 1.165) is 48.0 Å². The van der Waals surface area contributed by atoms with Gasteiger partial charge in [0.2, 0.25) is 0 Å². The quantitative estimate of drug-likeness (QED) is 0.786. The van der Waals surface area contributed by atoms with Crippen LogP contribution in [0.1, 0.15) is 40.2 Å². The van der Waals surface area contributed by atoms with Crippen molar-refractivity contribution in [1.29, 1.82) is 0 Å². The van der Waals surface area contributed by atoms with E-state index < -0.39 is 0 Å².